The van der Waals surface area contributed by atoms with E-state index in [1.807, 2.05) is 0 Å². The van der Waals surface area contributed by atoms with Crippen LogP contribution in [0.15, 0.2) is 22.7 Å². The number of alkyl halides is 3. The number of methoxy groups -OCH3 is 1. The van der Waals surface area contributed by atoms with Crippen molar-refractivity contribution in [3.05, 3.63) is 28.2 Å². The summed E-state index contributed by atoms with van der Waals surface area (Å²) in [6, 6.07) is 3.23. The summed E-state index contributed by atoms with van der Waals surface area (Å²) >= 11 is 3.00. The lowest BCUT2D eigenvalue weighted by molar-refractivity contribution is -0.145. The maximum Gasteiger partial charge on any atom is 0.416 e. The first-order valence-electron chi connectivity index (χ1n) is 5.98. The van der Waals surface area contributed by atoms with Crippen LogP contribution >= 0.6 is 15.9 Å². The first kappa shape index (κ1) is 15.8. The minimum atomic E-state index is -4.51. The van der Waals surface area contributed by atoms with Gasteiger partial charge in [0.15, 0.2) is 0 Å². The zero-order valence-electron chi connectivity index (χ0n) is 10.9. The molecule has 0 saturated carbocycles. The normalized spacial score (nSPS) is 19.0. The number of rotatable bonds is 2. The molecular weight excluding hydrogens is 355 g/mol. The van der Waals surface area contributed by atoms with Gasteiger partial charge in [0.05, 0.1) is 18.6 Å². The zero-order valence-corrected chi connectivity index (χ0v) is 12.5. The van der Waals surface area contributed by atoms with Gasteiger partial charge in [-0.1, -0.05) is 15.9 Å². The summed E-state index contributed by atoms with van der Waals surface area (Å²) in [5.74, 6) is -1.61. The van der Waals surface area contributed by atoms with Crippen molar-refractivity contribution in [2.75, 3.05) is 18.6 Å². The van der Waals surface area contributed by atoms with E-state index in [0.29, 0.717) is 0 Å². The molecule has 1 aliphatic rings. The molecule has 1 amide bonds. The molecule has 1 saturated heterocycles. The molecular formula is C13H11BrF3NO3. The van der Waals surface area contributed by atoms with Crippen molar-refractivity contribution in [2.45, 2.75) is 12.6 Å². The van der Waals surface area contributed by atoms with Crippen LogP contribution in [0.3, 0.4) is 0 Å². The molecule has 0 spiro atoms. The van der Waals surface area contributed by atoms with E-state index in [9.17, 15) is 22.8 Å². The van der Waals surface area contributed by atoms with Crippen LogP contribution in [-0.2, 0) is 20.5 Å². The van der Waals surface area contributed by atoms with Gasteiger partial charge in [0.1, 0.15) is 0 Å². The summed E-state index contributed by atoms with van der Waals surface area (Å²) < 4.78 is 43.2. The lowest BCUT2D eigenvalue weighted by Gasteiger charge is -2.18. The predicted octanol–water partition coefficient (Wildman–Crippen LogP) is 2.99. The first-order valence-corrected chi connectivity index (χ1v) is 6.77. The smallest absolute Gasteiger partial charge is 0.416 e. The molecule has 1 aliphatic heterocycles. The molecule has 0 aromatic heterocycles. The van der Waals surface area contributed by atoms with E-state index >= 15 is 0 Å². The number of benzene rings is 1. The Balaban J connectivity index is 2.32. The van der Waals surface area contributed by atoms with Gasteiger partial charge in [-0.2, -0.15) is 13.2 Å². The van der Waals surface area contributed by atoms with Gasteiger partial charge in [-0.05, 0) is 18.2 Å². The SMILES string of the molecule is COC(=O)C1CC(=O)N(c2cc(Br)cc(C(F)(F)F)c2)C1. The third kappa shape index (κ3) is 3.37. The van der Waals surface area contributed by atoms with Crippen LogP contribution in [0.1, 0.15) is 12.0 Å². The van der Waals surface area contributed by atoms with Crippen molar-refractivity contribution in [3.63, 3.8) is 0 Å². The van der Waals surface area contributed by atoms with Gasteiger partial charge >= 0.3 is 12.1 Å². The van der Waals surface area contributed by atoms with Gasteiger partial charge in [-0.3, -0.25) is 9.59 Å². The second-order valence-electron chi connectivity index (χ2n) is 4.62. The summed E-state index contributed by atoms with van der Waals surface area (Å²) in [5.41, 5.74) is -0.755. The van der Waals surface area contributed by atoms with Gasteiger partial charge in [-0.25, -0.2) is 0 Å². The number of halogens is 4. The monoisotopic (exact) mass is 365 g/mol. The second kappa shape index (κ2) is 5.67. The summed E-state index contributed by atoms with van der Waals surface area (Å²) in [5, 5.41) is 0. The van der Waals surface area contributed by atoms with E-state index in [2.05, 4.69) is 20.7 Å². The Morgan fingerprint density at radius 1 is 1.38 bits per heavy atom. The fourth-order valence-electron chi connectivity index (χ4n) is 2.18. The number of carbonyl (C=O) groups is 2. The van der Waals surface area contributed by atoms with Crippen LogP contribution in [0.2, 0.25) is 0 Å². The molecule has 1 aromatic rings. The fraction of sp³-hybridized carbons (Fsp3) is 0.385. The third-order valence-electron chi connectivity index (χ3n) is 3.18. The summed E-state index contributed by atoms with van der Waals surface area (Å²) in [6.45, 7) is 0.0132. The van der Waals surface area contributed by atoms with Gasteiger partial charge in [0, 0.05) is 23.1 Å². The van der Waals surface area contributed by atoms with E-state index in [1.54, 1.807) is 0 Å². The average Bonchev–Trinajstić information content (AvgIpc) is 2.78. The highest BCUT2D eigenvalue weighted by atomic mass is 79.9. The Bertz CT molecular complexity index is 589. The van der Waals surface area contributed by atoms with Gasteiger partial charge < -0.3 is 9.64 Å². The Morgan fingerprint density at radius 3 is 2.62 bits per heavy atom. The van der Waals surface area contributed by atoms with Crippen molar-refractivity contribution in [1.29, 1.82) is 0 Å². The molecule has 0 N–H and O–H groups in total. The molecule has 4 nitrogen and oxygen atoms in total. The quantitative estimate of drug-likeness (QED) is 0.757. The van der Waals surface area contributed by atoms with Crippen molar-refractivity contribution >= 4 is 33.5 Å². The molecule has 1 fully saturated rings. The Labute approximate surface area is 127 Å². The van der Waals surface area contributed by atoms with Crippen LogP contribution < -0.4 is 4.90 Å². The van der Waals surface area contributed by atoms with Crippen LogP contribution in [0.25, 0.3) is 0 Å². The Morgan fingerprint density at radius 2 is 2.05 bits per heavy atom. The predicted molar refractivity (Wildman–Crippen MR) is 71.6 cm³/mol. The van der Waals surface area contributed by atoms with Gasteiger partial charge in [-0.15, -0.1) is 0 Å². The largest absolute Gasteiger partial charge is 0.469 e. The Kier molecular flexibility index (Phi) is 4.27. The number of anilines is 1. The van der Waals surface area contributed by atoms with Crippen LogP contribution in [0, 0.1) is 5.92 Å². The maximum atomic E-state index is 12.8. The van der Waals surface area contributed by atoms with Gasteiger partial charge in [0.2, 0.25) is 5.91 Å². The molecule has 114 valence electrons. The number of hydrogen-bond acceptors (Lipinski definition) is 3. The molecule has 1 atom stereocenters. The Hall–Kier alpha value is -1.57. The van der Waals surface area contributed by atoms with Crippen molar-refractivity contribution in [3.8, 4) is 0 Å². The fourth-order valence-corrected chi connectivity index (χ4v) is 2.66. The zero-order chi connectivity index (χ0) is 15.8. The number of carbonyl (C=O) groups excluding carboxylic acids is 2. The maximum absolute atomic E-state index is 12.8. The molecule has 1 heterocycles. The lowest BCUT2D eigenvalue weighted by Crippen LogP contribution is -2.26. The lowest BCUT2D eigenvalue weighted by atomic mass is 10.1. The average molecular weight is 366 g/mol. The molecule has 2 rings (SSSR count). The summed E-state index contributed by atoms with van der Waals surface area (Å²) in [6.07, 6.45) is -4.58. The molecule has 0 bridgehead atoms. The summed E-state index contributed by atoms with van der Waals surface area (Å²) in [4.78, 5) is 24.5. The van der Waals surface area contributed by atoms with E-state index in [4.69, 9.17) is 0 Å². The number of ether oxygens (including phenoxy) is 1. The standard InChI is InChI=1S/C13H11BrF3NO3/c1-21-12(20)7-2-11(19)18(6-7)10-4-8(13(15,16)17)3-9(14)5-10/h3-5,7H,2,6H2,1H3. The first-order chi connectivity index (χ1) is 9.72. The van der Waals surface area contributed by atoms with Crippen molar-refractivity contribution in [2.24, 2.45) is 5.92 Å². The number of nitrogens with zero attached hydrogens (tertiary/aromatic N) is 1. The van der Waals surface area contributed by atoms with Crippen molar-refractivity contribution < 1.29 is 27.5 Å². The van der Waals surface area contributed by atoms with Crippen LogP contribution in [0.5, 0.6) is 0 Å². The molecule has 1 unspecified atom stereocenters. The van der Waals surface area contributed by atoms with Crippen LogP contribution in [-0.4, -0.2) is 25.5 Å². The number of esters is 1. The van der Waals surface area contributed by atoms with Gasteiger partial charge in [0.25, 0.3) is 0 Å². The van der Waals surface area contributed by atoms with E-state index in [-0.39, 0.29) is 23.1 Å². The minimum absolute atomic E-state index is 0.0132. The molecule has 21 heavy (non-hydrogen) atoms. The van der Waals surface area contributed by atoms with E-state index in [0.717, 1.165) is 12.1 Å². The molecule has 0 radical (unpaired) electrons. The highest BCUT2D eigenvalue weighted by Gasteiger charge is 2.37. The van der Waals surface area contributed by atoms with E-state index in [1.165, 1.54) is 18.1 Å². The highest BCUT2D eigenvalue weighted by molar-refractivity contribution is 9.10. The highest BCUT2D eigenvalue weighted by Crippen LogP contribution is 2.36. The third-order valence-corrected chi connectivity index (χ3v) is 3.64. The minimum Gasteiger partial charge on any atom is -0.469 e. The topological polar surface area (TPSA) is 46.6 Å². The molecule has 1 aromatic carbocycles. The number of hydrogen-bond donors (Lipinski definition) is 0. The van der Waals surface area contributed by atoms with E-state index < -0.39 is 29.5 Å². The molecule has 8 heteroatoms. The van der Waals surface area contributed by atoms with Crippen LogP contribution in [0.4, 0.5) is 18.9 Å². The molecule has 0 aliphatic carbocycles. The summed E-state index contributed by atoms with van der Waals surface area (Å²) in [7, 11) is 1.20. The number of amides is 1. The van der Waals surface area contributed by atoms with Crippen molar-refractivity contribution in [1.82, 2.24) is 0 Å². The second-order valence-corrected chi connectivity index (χ2v) is 5.54.